The molecule has 4 aromatic rings. The number of hydrogen-bond donors (Lipinski definition) is 0. The average molecular weight is 436 g/mol. The lowest BCUT2D eigenvalue weighted by atomic mass is 10.1. The molecule has 158 valence electrons. The van der Waals surface area contributed by atoms with Crippen LogP contribution in [-0.2, 0) is 22.5 Å². The van der Waals surface area contributed by atoms with E-state index in [1.165, 1.54) is 0 Å². The fourth-order valence-electron chi connectivity index (χ4n) is 3.22. The van der Waals surface area contributed by atoms with Gasteiger partial charge in [0.1, 0.15) is 10.6 Å². The third kappa shape index (κ3) is 4.49. The van der Waals surface area contributed by atoms with Crippen LogP contribution in [0.3, 0.4) is 0 Å². The first-order chi connectivity index (χ1) is 15.1. The van der Waals surface area contributed by atoms with Crippen LogP contribution < -0.4 is 4.90 Å². The second-order valence-corrected chi connectivity index (χ2v) is 7.88. The highest BCUT2D eigenvalue weighted by molar-refractivity contribution is 7.17. The number of hydrogen-bond acceptors (Lipinski definition) is 7. The van der Waals surface area contributed by atoms with Gasteiger partial charge in [-0.2, -0.15) is 0 Å². The number of fused-ring (bicyclic) bond motifs is 1. The minimum atomic E-state index is -0.432. The minimum Gasteiger partial charge on any atom is -0.462 e. The number of aromatic nitrogens is 2. The molecule has 0 N–H and O–H groups in total. The van der Waals surface area contributed by atoms with Crippen LogP contribution >= 0.6 is 11.3 Å². The largest absolute Gasteiger partial charge is 0.462 e. The Morgan fingerprint density at radius 1 is 1.10 bits per heavy atom. The van der Waals surface area contributed by atoms with Gasteiger partial charge in [0.2, 0.25) is 5.91 Å². The summed E-state index contributed by atoms with van der Waals surface area (Å²) in [6.07, 6.45) is 0.0528. The van der Waals surface area contributed by atoms with Crippen molar-refractivity contribution < 1.29 is 18.8 Å². The number of ether oxygens (including phenoxy) is 1. The number of carbonyl (C=O) groups is 2. The van der Waals surface area contributed by atoms with E-state index in [4.69, 9.17) is 9.26 Å². The molecule has 4 rings (SSSR count). The molecule has 8 heteroatoms. The van der Waals surface area contributed by atoms with Crippen LogP contribution in [0.25, 0.3) is 11.0 Å². The maximum Gasteiger partial charge on any atom is 0.350 e. The van der Waals surface area contributed by atoms with Gasteiger partial charge in [-0.05, 0) is 31.5 Å². The van der Waals surface area contributed by atoms with Gasteiger partial charge in [0, 0.05) is 5.39 Å². The Labute approximate surface area is 183 Å². The van der Waals surface area contributed by atoms with Crippen molar-refractivity contribution in [1.29, 1.82) is 0 Å². The molecule has 2 heterocycles. The Hall–Kier alpha value is -3.52. The van der Waals surface area contributed by atoms with Crippen molar-refractivity contribution in [3.8, 4) is 0 Å². The number of anilines is 1. The fraction of sp³-hybridized carbons (Fsp3) is 0.217. The zero-order chi connectivity index (χ0) is 21.8. The monoisotopic (exact) mass is 435 g/mol. The normalized spacial score (nSPS) is 10.9. The summed E-state index contributed by atoms with van der Waals surface area (Å²) in [6.45, 7) is 4.09. The van der Waals surface area contributed by atoms with Crippen LogP contribution in [0.2, 0.25) is 0 Å². The summed E-state index contributed by atoms with van der Waals surface area (Å²) in [5.41, 5.74) is 2.69. The van der Waals surface area contributed by atoms with E-state index in [0.29, 0.717) is 33.5 Å². The van der Waals surface area contributed by atoms with E-state index >= 15 is 0 Å². The maximum atomic E-state index is 13.4. The van der Waals surface area contributed by atoms with Crippen LogP contribution in [0.1, 0.15) is 33.5 Å². The van der Waals surface area contributed by atoms with E-state index in [0.717, 1.165) is 22.3 Å². The quantitative estimate of drug-likeness (QED) is 0.396. The van der Waals surface area contributed by atoms with E-state index in [1.54, 1.807) is 18.7 Å². The molecule has 31 heavy (non-hydrogen) atoms. The molecule has 0 radical (unpaired) electrons. The van der Waals surface area contributed by atoms with Crippen LogP contribution in [0.15, 0.2) is 59.1 Å². The minimum absolute atomic E-state index is 0.0528. The third-order valence-corrected chi connectivity index (χ3v) is 5.89. The van der Waals surface area contributed by atoms with Gasteiger partial charge in [0.05, 0.1) is 25.3 Å². The van der Waals surface area contributed by atoms with Gasteiger partial charge in [-0.15, -0.1) is 0 Å². The van der Waals surface area contributed by atoms with Crippen molar-refractivity contribution in [1.82, 2.24) is 10.1 Å². The molecule has 0 spiro atoms. The lowest BCUT2D eigenvalue weighted by Crippen LogP contribution is -2.31. The molecule has 1 amide bonds. The van der Waals surface area contributed by atoms with E-state index in [9.17, 15) is 9.59 Å². The smallest absolute Gasteiger partial charge is 0.350 e. The first kappa shape index (κ1) is 20.7. The number of nitrogens with zero attached hydrogens (tertiary/aromatic N) is 3. The van der Waals surface area contributed by atoms with Gasteiger partial charge < -0.3 is 9.26 Å². The van der Waals surface area contributed by atoms with Gasteiger partial charge in [0.25, 0.3) is 0 Å². The lowest BCUT2D eigenvalue weighted by Gasteiger charge is -2.19. The van der Waals surface area contributed by atoms with Crippen LogP contribution in [-0.4, -0.2) is 28.6 Å². The first-order valence-electron chi connectivity index (χ1n) is 9.89. The number of benzene rings is 2. The fourth-order valence-corrected chi connectivity index (χ4v) is 4.19. The number of amides is 1. The summed E-state index contributed by atoms with van der Waals surface area (Å²) >= 11 is 1.16. The predicted octanol–water partition coefficient (Wildman–Crippen LogP) is 4.55. The number of aryl methyl sites for hydroxylation is 1. The molecule has 0 saturated heterocycles. The maximum absolute atomic E-state index is 13.4. The number of esters is 1. The van der Waals surface area contributed by atoms with Crippen molar-refractivity contribution in [2.24, 2.45) is 0 Å². The van der Waals surface area contributed by atoms with Gasteiger partial charge in [0.15, 0.2) is 10.7 Å². The van der Waals surface area contributed by atoms with Gasteiger partial charge in [-0.25, -0.2) is 9.78 Å². The summed E-state index contributed by atoms with van der Waals surface area (Å²) in [6, 6.07) is 17.1. The van der Waals surface area contributed by atoms with Crippen LogP contribution in [0.4, 0.5) is 5.13 Å². The van der Waals surface area contributed by atoms with Gasteiger partial charge >= 0.3 is 5.97 Å². The second kappa shape index (κ2) is 9.09. The van der Waals surface area contributed by atoms with Crippen molar-refractivity contribution in [2.45, 2.75) is 26.8 Å². The Balaban J connectivity index is 1.66. The van der Waals surface area contributed by atoms with E-state index in [2.05, 4.69) is 10.1 Å². The van der Waals surface area contributed by atoms with Crippen molar-refractivity contribution >= 4 is 39.3 Å². The predicted molar refractivity (Wildman–Crippen MR) is 118 cm³/mol. The summed E-state index contributed by atoms with van der Waals surface area (Å²) in [7, 11) is 0. The highest BCUT2D eigenvalue weighted by Gasteiger charge is 2.25. The molecule has 0 unspecified atom stereocenters. The summed E-state index contributed by atoms with van der Waals surface area (Å²) in [5.74, 6) is -0.620. The zero-order valence-electron chi connectivity index (χ0n) is 17.2. The number of rotatable bonds is 7. The SMILES string of the molecule is CCOC(=O)c1sc(N(Cc2ccccc2)C(=O)Cc2noc3ccccc23)nc1C. The molecule has 0 saturated carbocycles. The molecule has 0 aliphatic carbocycles. The topological polar surface area (TPSA) is 85.5 Å². The van der Waals surface area contributed by atoms with Crippen LogP contribution in [0.5, 0.6) is 0 Å². The Morgan fingerprint density at radius 2 is 1.84 bits per heavy atom. The van der Waals surface area contributed by atoms with Crippen molar-refractivity contribution in [3.05, 3.63) is 76.4 Å². The molecule has 2 aromatic carbocycles. The Bertz CT molecular complexity index is 1220. The van der Waals surface area contributed by atoms with Gasteiger partial charge in [-0.3, -0.25) is 9.69 Å². The molecular formula is C23H21N3O4S. The Morgan fingerprint density at radius 3 is 2.61 bits per heavy atom. The van der Waals surface area contributed by atoms with Gasteiger partial charge in [-0.1, -0.05) is 59.0 Å². The standard InChI is InChI=1S/C23H21N3O4S/c1-3-29-22(28)21-15(2)24-23(31-21)26(14-16-9-5-4-6-10-16)20(27)13-18-17-11-7-8-12-19(17)30-25-18/h4-12H,3,13-14H2,1-2H3. The molecule has 0 aliphatic rings. The molecular weight excluding hydrogens is 414 g/mol. The summed E-state index contributed by atoms with van der Waals surface area (Å²) < 4.78 is 10.5. The number of carbonyl (C=O) groups excluding carboxylic acids is 2. The molecule has 0 bridgehead atoms. The zero-order valence-corrected chi connectivity index (χ0v) is 18.0. The van der Waals surface area contributed by atoms with E-state index in [1.807, 2.05) is 54.6 Å². The first-order valence-corrected chi connectivity index (χ1v) is 10.7. The lowest BCUT2D eigenvalue weighted by molar-refractivity contribution is -0.118. The number of para-hydroxylation sites is 1. The van der Waals surface area contributed by atoms with Crippen LogP contribution in [0, 0.1) is 6.92 Å². The van der Waals surface area contributed by atoms with E-state index in [-0.39, 0.29) is 18.9 Å². The summed E-state index contributed by atoms with van der Waals surface area (Å²) in [4.78, 5) is 32.1. The van der Waals surface area contributed by atoms with E-state index < -0.39 is 5.97 Å². The van der Waals surface area contributed by atoms with Crippen molar-refractivity contribution in [2.75, 3.05) is 11.5 Å². The second-order valence-electron chi connectivity index (χ2n) is 6.90. The molecule has 0 fully saturated rings. The molecule has 0 aliphatic heterocycles. The highest BCUT2D eigenvalue weighted by atomic mass is 32.1. The van der Waals surface area contributed by atoms with Crippen molar-refractivity contribution in [3.63, 3.8) is 0 Å². The number of thiazole rings is 1. The Kier molecular flexibility index (Phi) is 6.08. The molecule has 2 aromatic heterocycles. The average Bonchev–Trinajstić information content (AvgIpc) is 3.36. The third-order valence-electron chi connectivity index (χ3n) is 4.73. The summed E-state index contributed by atoms with van der Waals surface area (Å²) in [5, 5.41) is 5.33. The molecule has 0 atom stereocenters. The molecule has 7 nitrogen and oxygen atoms in total. The highest BCUT2D eigenvalue weighted by Crippen LogP contribution is 2.29.